The number of nitrogens with two attached hydrogens (primary N) is 1. The summed E-state index contributed by atoms with van der Waals surface area (Å²) in [5.74, 6) is 2.64. The molecule has 0 fully saturated rings. The molecule has 0 spiro atoms. The smallest absolute Gasteiger partial charge is 0.159 e. The van der Waals surface area contributed by atoms with Crippen molar-refractivity contribution < 1.29 is 4.74 Å². The van der Waals surface area contributed by atoms with Crippen LogP contribution in [-0.4, -0.2) is 9.97 Å². The van der Waals surface area contributed by atoms with Gasteiger partial charge in [0.2, 0.25) is 0 Å². The third kappa shape index (κ3) is 4.50. The highest BCUT2D eigenvalue weighted by Crippen LogP contribution is 2.30. The van der Waals surface area contributed by atoms with Gasteiger partial charge in [-0.25, -0.2) is 9.97 Å². The molecule has 0 aliphatic rings. The molecule has 30 heavy (non-hydrogen) atoms. The van der Waals surface area contributed by atoms with Crippen molar-refractivity contribution in [2.24, 2.45) is 0 Å². The number of benzene rings is 3. The third-order valence-corrected chi connectivity index (χ3v) is 4.63. The van der Waals surface area contributed by atoms with E-state index in [0.29, 0.717) is 17.3 Å². The number of nitrogens with zero attached hydrogens (tertiary/aromatic N) is 2. The fourth-order valence-electron chi connectivity index (χ4n) is 2.96. The van der Waals surface area contributed by atoms with E-state index in [2.05, 4.69) is 38.8 Å². The van der Waals surface area contributed by atoms with Crippen LogP contribution < -0.4 is 21.1 Å². The molecule has 0 aliphatic heterocycles. The Hall–Kier alpha value is -4.06. The van der Waals surface area contributed by atoms with E-state index in [-0.39, 0.29) is 0 Å². The Labute approximate surface area is 175 Å². The normalized spacial score (nSPS) is 10.5. The highest BCUT2D eigenvalue weighted by molar-refractivity contribution is 5.80. The molecule has 6 heteroatoms. The summed E-state index contributed by atoms with van der Waals surface area (Å²) < 4.78 is 5.83. The van der Waals surface area contributed by atoms with Gasteiger partial charge in [-0.05, 0) is 67.4 Å². The predicted molar refractivity (Wildman–Crippen MR) is 122 cm³/mol. The molecule has 4 aromatic rings. The Morgan fingerprint density at radius 1 is 0.767 bits per heavy atom. The van der Waals surface area contributed by atoms with E-state index in [4.69, 9.17) is 10.5 Å². The molecular weight excluding hydrogens is 374 g/mol. The van der Waals surface area contributed by atoms with Gasteiger partial charge in [0, 0.05) is 11.4 Å². The van der Waals surface area contributed by atoms with Crippen LogP contribution in [0.5, 0.6) is 11.5 Å². The Morgan fingerprint density at radius 2 is 1.43 bits per heavy atom. The molecule has 0 aliphatic carbocycles. The monoisotopic (exact) mass is 397 g/mol. The Bertz CT molecular complexity index is 1140. The zero-order valence-corrected chi connectivity index (χ0v) is 16.9. The number of aromatic nitrogens is 2. The SMILES string of the molecule is Cc1ccc(C)c(Nc2ncnc(Nc3ccc(Oc4ccccc4)cc3)c2N)c1. The molecule has 0 atom stereocenters. The van der Waals surface area contributed by atoms with E-state index < -0.39 is 0 Å². The van der Waals surface area contributed by atoms with E-state index in [1.807, 2.05) is 68.4 Å². The lowest BCUT2D eigenvalue weighted by molar-refractivity contribution is 0.483. The van der Waals surface area contributed by atoms with Gasteiger partial charge in [0.25, 0.3) is 0 Å². The van der Waals surface area contributed by atoms with Crippen LogP contribution in [0.25, 0.3) is 0 Å². The van der Waals surface area contributed by atoms with Gasteiger partial charge in [-0.3, -0.25) is 0 Å². The summed E-state index contributed by atoms with van der Waals surface area (Å²) >= 11 is 0. The second-order valence-electron chi connectivity index (χ2n) is 6.99. The van der Waals surface area contributed by atoms with Crippen LogP contribution >= 0.6 is 0 Å². The minimum Gasteiger partial charge on any atom is -0.457 e. The number of anilines is 5. The van der Waals surface area contributed by atoms with Crippen LogP contribution in [0.2, 0.25) is 0 Å². The fourth-order valence-corrected chi connectivity index (χ4v) is 2.96. The van der Waals surface area contributed by atoms with E-state index in [1.165, 1.54) is 6.33 Å². The first kappa shape index (κ1) is 19.3. The molecule has 4 N–H and O–H groups in total. The maximum absolute atomic E-state index is 6.32. The quantitative estimate of drug-likeness (QED) is 0.372. The third-order valence-electron chi connectivity index (χ3n) is 4.63. The van der Waals surface area contributed by atoms with Crippen molar-refractivity contribution in [3.05, 3.63) is 90.3 Å². The van der Waals surface area contributed by atoms with Crippen LogP contribution in [0.15, 0.2) is 79.1 Å². The van der Waals surface area contributed by atoms with E-state index in [0.717, 1.165) is 34.0 Å². The van der Waals surface area contributed by atoms with Crippen molar-refractivity contribution in [3.8, 4) is 11.5 Å². The van der Waals surface area contributed by atoms with Gasteiger partial charge in [0.1, 0.15) is 23.5 Å². The lowest BCUT2D eigenvalue weighted by Crippen LogP contribution is -2.05. The van der Waals surface area contributed by atoms with Crippen molar-refractivity contribution in [2.75, 3.05) is 16.4 Å². The first-order valence-corrected chi connectivity index (χ1v) is 9.63. The summed E-state index contributed by atoms with van der Waals surface area (Å²) in [5, 5.41) is 6.55. The highest BCUT2D eigenvalue weighted by Gasteiger charge is 2.10. The minimum atomic E-state index is 0.447. The fraction of sp³-hybridized carbons (Fsp3) is 0.0833. The van der Waals surface area contributed by atoms with E-state index >= 15 is 0 Å². The molecule has 3 aromatic carbocycles. The average molecular weight is 397 g/mol. The number of nitrogens with one attached hydrogen (secondary N) is 2. The maximum Gasteiger partial charge on any atom is 0.159 e. The van der Waals surface area contributed by atoms with E-state index in [1.54, 1.807) is 0 Å². The van der Waals surface area contributed by atoms with Crippen LogP contribution in [0.1, 0.15) is 11.1 Å². The van der Waals surface area contributed by atoms with Gasteiger partial charge in [0.05, 0.1) is 0 Å². The number of ether oxygens (including phenoxy) is 1. The van der Waals surface area contributed by atoms with Gasteiger partial charge in [-0.15, -0.1) is 0 Å². The Balaban J connectivity index is 1.49. The number of hydrogen-bond donors (Lipinski definition) is 3. The molecule has 0 saturated carbocycles. The minimum absolute atomic E-state index is 0.447. The molecule has 0 bridgehead atoms. The molecule has 1 heterocycles. The van der Waals surface area contributed by atoms with Gasteiger partial charge in [-0.2, -0.15) is 0 Å². The summed E-state index contributed by atoms with van der Waals surface area (Å²) in [6.45, 7) is 4.09. The van der Waals surface area contributed by atoms with E-state index in [9.17, 15) is 0 Å². The largest absolute Gasteiger partial charge is 0.457 e. The summed E-state index contributed by atoms with van der Waals surface area (Å²) in [4.78, 5) is 8.59. The molecule has 0 unspecified atom stereocenters. The zero-order valence-electron chi connectivity index (χ0n) is 16.9. The predicted octanol–water partition coefficient (Wildman–Crippen LogP) is 5.96. The molecule has 0 radical (unpaired) electrons. The van der Waals surface area contributed by atoms with Crippen LogP contribution in [0, 0.1) is 13.8 Å². The molecule has 6 nitrogen and oxygen atoms in total. The van der Waals surface area contributed by atoms with Crippen molar-refractivity contribution in [2.45, 2.75) is 13.8 Å². The van der Waals surface area contributed by atoms with Crippen molar-refractivity contribution in [3.63, 3.8) is 0 Å². The summed E-state index contributed by atoms with van der Waals surface area (Å²) in [5.41, 5.74) is 10.9. The topological polar surface area (TPSA) is 85.1 Å². The van der Waals surface area contributed by atoms with Gasteiger partial charge >= 0.3 is 0 Å². The lowest BCUT2D eigenvalue weighted by Gasteiger charge is -2.14. The van der Waals surface area contributed by atoms with Crippen LogP contribution in [-0.2, 0) is 0 Å². The lowest BCUT2D eigenvalue weighted by atomic mass is 10.1. The Morgan fingerprint density at radius 3 is 2.17 bits per heavy atom. The van der Waals surface area contributed by atoms with Gasteiger partial charge < -0.3 is 21.1 Å². The second-order valence-corrected chi connectivity index (χ2v) is 6.99. The van der Waals surface area contributed by atoms with Crippen LogP contribution in [0.4, 0.5) is 28.7 Å². The van der Waals surface area contributed by atoms with Crippen molar-refractivity contribution >= 4 is 28.7 Å². The summed E-state index contributed by atoms with van der Waals surface area (Å²) in [6, 6.07) is 23.5. The first-order valence-electron chi connectivity index (χ1n) is 9.63. The number of hydrogen-bond acceptors (Lipinski definition) is 6. The molecule has 150 valence electrons. The highest BCUT2D eigenvalue weighted by atomic mass is 16.5. The number of aryl methyl sites for hydroxylation is 2. The average Bonchev–Trinajstić information content (AvgIpc) is 2.76. The molecule has 4 rings (SSSR count). The molecular formula is C24H23N5O. The number of rotatable bonds is 6. The zero-order chi connectivity index (χ0) is 20.9. The first-order chi connectivity index (χ1) is 14.6. The van der Waals surface area contributed by atoms with Crippen molar-refractivity contribution in [1.82, 2.24) is 9.97 Å². The number of para-hydroxylation sites is 1. The standard InChI is InChI=1S/C24H23N5O/c1-16-8-9-17(2)21(14-16)29-24-22(25)23(26-15-27-24)28-18-10-12-20(13-11-18)30-19-6-4-3-5-7-19/h3-15H,25H2,1-2H3,(H2,26,27,28,29). The van der Waals surface area contributed by atoms with Crippen LogP contribution in [0.3, 0.4) is 0 Å². The number of nitrogen functional groups attached to an aromatic ring is 1. The molecule has 0 amide bonds. The Kier molecular flexibility index (Phi) is 5.48. The van der Waals surface area contributed by atoms with Crippen molar-refractivity contribution in [1.29, 1.82) is 0 Å². The summed E-state index contributed by atoms with van der Waals surface area (Å²) in [6.07, 6.45) is 1.49. The second kappa shape index (κ2) is 8.53. The van der Waals surface area contributed by atoms with Gasteiger partial charge in [0.15, 0.2) is 11.6 Å². The summed E-state index contributed by atoms with van der Waals surface area (Å²) in [7, 11) is 0. The maximum atomic E-state index is 6.32. The van der Waals surface area contributed by atoms with Gasteiger partial charge in [-0.1, -0.05) is 30.3 Å². The molecule has 0 saturated heterocycles. The molecule has 1 aromatic heterocycles.